The van der Waals surface area contributed by atoms with Crippen molar-refractivity contribution in [1.82, 2.24) is 25.4 Å². The summed E-state index contributed by atoms with van der Waals surface area (Å²) in [6.45, 7) is 7.97. The van der Waals surface area contributed by atoms with Gasteiger partial charge in [-0.1, -0.05) is 6.07 Å². The quantitative estimate of drug-likeness (QED) is 0.322. The van der Waals surface area contributed by atoms with E-state index in [1.807, 2.05) is 11.6 Å². The molecule has 11 heteroatoms. The van der Waals surface area contributed by atoms with E-state index in [9.17, 15) is 13.2 Å². The molecule has 1 aromatic heterocycles. The molecule has 2 N–H and O–H groups in total. The predicted molar refractivity (Wildman–Crippen MR) is 127 cm³/mol. The van der Waals surface area contributed by atoms with Crippen LogP contribution in [0.4, 0.5) is 13.2 Å². The van der Waals surface area contributed by atoms with Crippen LogP contribution in [-0.4, -0.2) is 33.4 Å². The number of hydrogen-bond donors (Lipinski definition) is 2. The topological polar surface area (TPSA) is 76.4 Å². The summed E-state index contributed by atoms with van der Waals surface area (Å²) in [5.74, 6) is 2.09. The Labute approximate surface area is 203 Å². The van der Waals surface area contributed by atoms with Gasteiger partial charge < -0.3 is 15.4 Å². The van der Waals surface area contributed by atoms with E-state index in [0.29, 0.717) is 11.8 Å². The Morgan fingerprint density at radius 3 is 2.62 bits per heavy atom. The van der Waals surface area contributed by atoms with Gasteiger partial charge in [0.1, 0.15) is 23.0 Å². The first-order valence-corrected chi connectivity index (χ1v) is 10.2. The van der Waals surface area contributed by atoms with Crippen LogP contribution in [0.25, 0.3) is 0 Å². The highest BCUT2D eigenvalue weighted by atomic mass is 127. The summed E-state index contributed by atoms with van der Waals surface area (Å²) in [6.07, 6.45) is -2.73. The zero-order valence-corrected chi connectivity index (χ0v) is 21.2. The number of nitrogens with zero attached hydrogens (tertiary/aromatic N) is 4. The Balaban J connectivity index is 0.00000363. The smallest absolute Gasteiger partial charge is 0.416 e. The summed E-state index contributed by atoms with van der Waals surface area (Å²) in [5, 5.41) is 10.6. The fourth-order valence-electron chi connectivity index (χ4n) is 3.53. The zero-order chi connectivity index (χ0) is 22.8. The minimum absolute atomic E-state index is 0. The highest BCUT2D eigenvalue weighted by Crippen LogP contribution is 2.35. The Bertz CT molecular complexity index is 952. The molecule has 1 atom stereocenters. The molecule has 0 amide bonds. The van der Waals surface area contributed by atoms with Crippen LogP contribution < -0.4 is 15.4 Å². The number of benzene rings is 1. The molecule has 2 aromatic rings. The maximum Gasteiger partial charge on any atom is 0.416 e. The van der Waals surface area contributed by atoms with E-state index in [0.717, 1.165) is 31.3 Å². The summed E-state index contributed by atoms with van der Waals surface area (Å²) in [5.41, 5.74) is -1.21. The first-order chi connectivity index (χ1) is 14.5. The Morgan fingerprint density at radius 2 is 2.00 bits per heavy atom. The molecule has 0 saturated carbocycles. The van der Waals surface area contributed by atoms with Crippen molar-refractivity contribution in [2.24, 2.45) is 4.99 Å². The van der Waals surface area contributed by atoms with Crippen molar-refractivity contribution in [3.8, 4) is 5.75 Å². The maximum atomic E-state index is 13.7. The molecule has 1 aliphatic rings. The highest BCUT2D eigenvalue weighted by molar-refractivity contribution is 14.0. The Kier molecular flexibility index (Phi) is 8.40. The second-order valence-electron chi connectivity index (χ2n) is 8.54. The fourth-order valence-corrected chi connectivity index (χ4v) is 3.53. The summed E-state index contributed by atoms with van der Waals surface area (Å²) in [6, 6.07) is 3.93. The van der Waals surface area contributed by atoms with Crippen molar-refractivity contribution in [2.45, 2.75) is 71.4 Å². The van der Waals surface area contributed by atoms with E-state index in [1.54, 1.807) is 33.9 Å². The van der Waals surface area contributed by atoms with E-state index in [2.05, 4.69) is 25.7 Å². The molecule has 7 nitrogen and oxygen atoms in total. The minimum Gasteiger partial charge on any atom is -0.488 e. The molecule has 0 fully saturated rings. The number of halogens is 4. The number of alkyl halides is 3. The lowest BCUT2D eigenvalue weighted by Gasteiger charge is -2.25. The zero-order valence-electron chi connectivity index (χ0n) is 18.9. The molecular weight excluding hydrogens is 536 g/mol. The van der Waals surface area contributed by atoms with Crippen LogP contribution in [0.1, 0.15) is 62.4 Å². The van der Waals surface area contributed by atoms with Gasteiger partial charge in [0, 0.05) is 20.1 Å². The first kappa shape index (κ1) is 26.2. The Hall–Kier alpha value is -2.05. The van der Waals surface area contributed by atoms with Gasteiger partial charge in [-0.2, -0.15) is 18.3 Å². The molecule has 0 aliphatic carbocycles. The number of aromatic nitrogens is 3. The lowest BCUT2D eigenvalue weighted by Crippen LogP contribution is -2.41. The summed E-state index contributed by atoms with van der Waals surface area (Å²) in [7, 11) is 1.58. The summed E-state index contributed by atoms with van der Waals surface area (Å²) >= 11 is 0. The second-order valence-corrected chi connectivity index (χ2v) is 8.54. The van der Waals surface area contributed by atoms with Crippen LogP contribution in [0, 0.1) is 6.92 Å². The van der Waals surface area contributed by atoms with Gasteiger partial charge in [-0.25, -0.2) is 9.67 Å². The number of guanidine groups is 1. The van der Waals surface area contributed by atoms with Crippen LogP contribution in [0.15, 0.2) is 23.2 Å². The third-order valence-corrected chi connectivity index (χ3v) is 4.77. The van der Waals surface area contributed by atoms with Crippen molar-refractivity contribution >= 4 is 29.9 Å². The van der Waals surface area contributed by atoms with E-state index < -0.39 is 17.3 Å². The first-order valence-electron chi connectivity index (χ1n) is 10.2. The summed E-state index contributed by atoms with van der Waals surface area (Å²) in [4.78, 5) is 8.63. The number of aryl methyl sites for hydroxylation is 2. The molecule has 2 heterocycles. The average Bonchev–Trinajstić information content (AvgIpc) is 3.04. The molecule has 0 radical (unpaired) electrons. The minimum atomic E-state index is -4.50. The van der Waals surface area contributed by atoms with Crippen molar-refractivity contribution in [3.05, 3.63) is 41.0 Å². The van der Waals surface area contributed by atoms with Crippen LogP contribution >= 0.6 is 24.0 Å². The lowest BCUT2D eigenvalue weighted by atomic mass is 10.1. The monoisotopic (exact) mass is 566 g/mol. The van der Waals surface area contributed by atoms with Gasteiger partial charge in [-0.15, -0.1) is 24.0 Å². The van der Waals surface area contributed by atoms with Crippen LogP contribution in [-0.2, 0) is 19.3 Å². The van der Waals surface area contributed by atoms with Gasteiger partial charge >= 0.3 is 6.18 Å². The molecular formula is C21H30F3IN6O. The molecule has 0 spiro atoms. The molecule has 1 aromatic carbocycles. The average molecular weight is 566 g/mol. The van der Waals surface area contributed by atoms with Crippen LogP contribution in [0.5, 0.6) is 5.75 Å². The highest BCUT2D eigenvalue weighted by Gasteiger charge is 2.34. The largest absolute Gasteiger partial charge is 0.488 e. The van der Waals surface area contributed by atoms with Crippen LogP contribution in [0.2, 0.25) is 0 Å². The number of nitrogens with one attached hydrogen (secondary N) is 2. The molecule has 0 bridgehead atoms. The molecule has 1 aliphatic heterocycles. The Morgan fingerprint density at radius 1 is 1.28 bits per heavy atom. The van der Waals surface area contributed by atoms with E-state index in [-0.39, 0.29) is 47.9 Å². The standard InChI is InChI=1S/C21H29F3N6O.HI/c1-13-27-18-17(7-6-10-30(18)29-13)28-19(25-5)26-12-14-8-9-15(31-20(2,3)4)11-16(14)21(22,23)24;/h8-9,11,17H,6-7,10,12H2,1-5H3,(H2,25,26,28);1H. The lowest BCUT2D eigenvalue weighted by molar-refractivity contribution is -0.138. The molecule has 0 saturated heterocycles. The van der Waals surface area contributed by atoms with Gasteiger partial charge in [-0.3, -0.25) is 4.99 Å². The van der Waals surface area contributed by atoms with E-state index in [1.165, 1.54) is 6.07 Å². The van der Waals surface area contributed by atoms with Gasteiger partial charge in [0.2, 0.25) is 0 Å². The molecule has 32 heavy (non-hydrogen) atoms. The van der Waals surface area contributed by atoms with Gasteiger partial charge in [-0.05, 0) is 58.2 Å². The number of rotatable bonds is 4. The van der Waals surface area contributed by atoms with Gasteiger partial charge in [0.15, 0.2) is 5.96 Å². The number of aliphatic imine (C=N–C) groups is 1. The second kappa shape index (κ2) is 10.3. The molecule has 1 unspecified atom stereocenters. The molecule has 178 valence electrons. The van der Waals surface area contributed by atoms with Crippen molar-refractivity contribution in [1.29, 1.82) is 0 Å². The number of fused-ring (bicyclic) bond motifs is 1. The van der Waals surface area contributed by atoms with Crippen LogP contribution in [0.3, 0.4) is 0 Å². The van der Waals surface area contributed by atoms with Crippen molar-refractivity contribution in [2.75, 3.05) is 7.05 Å². The molecule has 3 rings (SSSR count). The number of hydrogen-bond acceptors (Lipinski definition) is 4. The SMILES string of the molecule is CN=C(NCc1ccc(OC(C)(C)C)cc1C(F)(F)F)NC1CCCn2nc(C)nc21.I. The fraction of sp³-hybridized carbons (Fsp3) is 0.571. The van der Waals surface area contributed by atoms with Gasteiger partial charge in [0.25, 0.3) is 0 Å². The van der Waals surface area contributed by atoms with Gasteiger partial charge in [0.05, 0.1) is 11.6 Å². The van der Waals surface area contributed by atoms with Crippen molar-refractivity contribution in [3.63, 3.8) is 0 Å². The third-order valence-electron chi connectivity index (χ3n) is 4.77. The van der Waals surface area contributed by atoms with E-state index in [4.69, 9.17) is 4.74 Å². The number of ether oxygens (including phenoxy) is 1. The third kappa shape index (κ3) is 6.72. The maximum absolute atomic E-state index is 13.7. The predicted octanol–water partition coefficient (Wildman–Crippen LogP) is 4.60. The van der Waals surface area contributed by atoms with Crippen molar-refractivity contribution < 1.29 is 17.9 Å². The van der Waals surface area contributed by atoms with E-state index >= 15 is 0 Å². The summed E-state index contributed by atoms with van der Waals surface area (Å²) < 4.78 is 48.4. The normalized spacial score (nSPS) is 16.8.